The molecule has 2 aliphatic rings. The number of alkyl halides is 2. The maximum atomic E-state index is 13.7. The third-order valence-corrected chi connectivity index (χ3v) is 7.80. The number of H-pyrrole nitrogens is 1. The Morgan fingerprint density at radius 2 is 2.08 bits per heavy atom. The number of aromatic amines is 1. The molecule has 0 spiro atoms. The summed E-state index contributed by atoms with van der Waals surface area (Å²) in [7, 11) is 0. The van der Waals surface area contributed by atoms with Crippen LogP contribution in [0.25, 0.3) is 32.9 Å². The summed E-state index contributed by atoms with van der Waals surface area (Å²) >= 11 is 1.69. The van der Waals surface area contributed by atoms with Gasteiger partial charge in [0.25, 0.3) is 5.92 Å². The van der Waals surface area contributed by atoms with E-state index in [1.807, 2.05) is 37.3 Å². The Morgan fingerprint density at radius 1 is 1.21 bits per heavy atom. The normalized spacial score (nSPS) is 17.4. The molecule has 0 saturated carbocycles. The minimum Gasteiger partial charge on any atom is -0.336 e. The predicted octanol–water partition coefficient (Wildman–Crippen LogP) is 5.04. The van der Waals surface area contributed by atoms with Gasteiger partial charge in [-0.3, -0.25) is 9.88 Å². The van der Waals surface area contributed by atoms with Crippen molar-refractivity contribution in [1.82, 2.24) is 24.8 Å². The number of aryl methyl sites for hydroxylation is 1. The average molecular weight is 529 g/mol. The van der Waals surface area contributed by atoms with Crippen LogP contribution in [0.2, 0.25) is 0 Å². The van der Waals surface area contributed by atoms with Crippen LogP contribution in [-0.4, -0.2) is 50.4 Å². The molecule has 192 valence electrons. The first-order chi connectivity index (χ1) is 18.3. The fourth-order valence-corrected chi connectivity index (χ4v) is 5.69. The Kier molecular flexibility index (Phi) is 6.12. The molecular weight excluding hydrogens is 502 g/mol. The van der Waals surface area contributed by atoms with Gasteiger partial charge in [-0.25, -0.2) is 23.7 Å². The Bertz CT molecular complexity index is 1760. The SMILES string of the molecule is C=C/C(=C\C(=C/C)c1ccc2c(n1)=C(c1nc3c(-c4ccc(C)s4)nccc3[nH]1)N=2)CN1CCC(F)(F)C1. The van der Waals surface area contributed by atoms with Crippen molar-refractivity contribution in [3.8, 4) is 10.6 Å². The molecule has 6 rings (SSSR count). The van der Waals surface area contributed by atoms with Crippen molar-refractivity contribution >= 4 is 33.6 Å². The molecule has 4 aromatic heterocycles. The van der Waals surface area contributed by atoms with Gasteiger partial charge in [0, 0.05) is 30.6 Å². The van der Waals surface area contributed by atoms with E-state index in [1.165, 1.54) is 4.88 Å². The maximum absolute atomic E-state index is 13.7. The molecule has 9 heteroatoms. The topological polar surface area (TPSA) is 70.1 Å². The highest BCUT2D eigenvalue weighted by atomic mass is 32.1. The molecular formula is C29H26F2N6S. The average Bonchev–Trinajstić information content (AvgIpc) is 3.60. The summed E-state index contributed by atoms with van der Waals surface area (Å²) in [6, 6.07) is 9.93. The molecule has 2 aliphatic heterocycles. The molecule has 1 N–H and O–H groups in total. The van der Waals surface area contributed by atoms with E-state index >= 15 is 0 Å². The number of halogens is 2. The van der Waals surface area contributed by atoms with Crippen LogP contribution < -0.4 is 10.7 Å². The molecule has 0 atom stereocenters. The van der Waals surface area contributed by atoms with Crippen LogP contribution in [0.5, 0.6) is 0 Å². The molecule has 6 heterocycles. The van der Waals surface area contributed by atoms with Gasteiger partial charge < -0.3 is 4.98 Å². The largest absolute Gasteiger partial charge is 0.336 e. The number of hydrogen-bond donors (Lipinski definition) is 1. The summed E-state index contributed by atoms with van der Waals surface area (Å²) in [6.07, 6.45) is 7.34. The molecule has 0 unspecified atom stereocenters. The van der Waals surface area contributed by atoms with E-state index in [9.17, 15) is 8.78 Å². The predicted molar refractivity (Wildman–Crippen MR) is 147 cm³/mol. The lowest BCUT2D eigenvalue weighted by molar-refractivity contribution is 0.0131. The van der Waals surface area contributed by atoms with E-state index < -0.39 is 5.92 Å². The summed E-state index contributed by atoms with van der Waals surface area (Å²) in [6.45, 7) is 8.49. The van der Waals surface area contributed by atoms with Gasteiger partial charge in [0.05, 0.1) is 28.0 Å². The molecule has 6 nitrogen and oxygen atoms in total. The number of hydrogen-bond acceptors (Lipinski definition) is 6. The number of rotatable bonds is 7. The van der Waals surface area contributed by atoms with Crippen LogP contribution in [0.3, 0.4) is 0 Å². The van der Waals surface area contributed by atoms with Crippen molar-refractivity contribution in [2.75, 3.05) is 19.6 Å². The minimum atomic E-state index is -2.62. The summed E-state index contributed by atoms with van der Waals surface area (Å²) in [5, 5.41) is 1.58. The van der Waals surface area contributed by atoms with Crippen molar-refractivity contribution in [3.63, 3.8) is 0 Å². The van der Waals surface area contributed by atoms with Crippen LogP contribution in [0.4, 0.5) is 8.78 Å². The Morgan fingerprint density at radius 3 is 2.79 bits per heavy atom. The zero-order chi connectivity index (χ0) is 26.4. The van der Waals surface area contributed by atoms with Crippen LogP contribution in [0.1, 0.15) is 29.7 Å². The molecule has 0 amide bonds. The quantitative estimate of drug-likeness (QED) is 0.342. The van der Waals surface area contributed by atoms with Crippen molar-refractivity contribution in [1.29, 1.82) is 0 Å². The molecule has 1 fully saturated rings. The van der Waals surface area contributed by atoms with Crippen molar-refractivity contribution < 1.29 is 8.78 Å². The summed E-state index contributed by atoms with van der Waals surface area (Å²) in [5.41, 5.74) is 5.78. The monoisotopic (exact) mass is 528 g/mol. The molecule has 38 heavy (non-hydrogen) atoms. The van der Waals surface area contributed by atoms with Gasteiger partial charge in [0.1, 0.15) is 22.3 Å². The van der Waals surface area contributed by atoms with Gasteiger partial charge >= 0.3 is 0 Å². The first-order valence-corrected chi connectivity index (χ1v) is 13.3. The Balaban J connectivity index is 1.33. The van der Waals surface area contributed by atoms with E-state index in [0.29, 0.717) is 24.6 Å². The zero-order valence-corrected chi connectivity index (χ0v) is 21.9. The van der Waals surface area contributed by atoms with Gasteiger partial charge in [0.2, 0.25) is 0 Å². The van der Waals surface area contributed by atoms with Crippen LogP contribution in [0, 0.1) is 6.92 Å². The number of likely N-dealkylation sites (tertiary alicyclic amines) is 1. The highest BCUT2D eigenvalue weighted by Crippen LogP contribution is 2.32. The number of nitrogens with zero attached hydrogens (tertiary/aromatic N) is 5. The second-order valence-electron chi connectivity index (χ2n) is 9.56. The number of thiophene rings is 1. The highest BCUT2D eigenvalue weighted by Gasteiger charge is 2.38. The number of imidazole rings is 1. The fraction of sp³-hybridized carbons (Fsp3) is 0.241. The smallest absolute Gasteiger partial charge is 0.261 e. The van der Waals surface area contributed by atoms with Crippen molar-refractivity contribution in [3.05, 3.63) is 94.0 Å². The van der Waals surface area contributed by atoms with E-state index in [2.05, 4.69) is 40.6 Å². The highest BCUT2D eigenvalue weighted by molar-refractivity contribution is 7.15. The van der Waals surface area contributed by atoms with Crippen molar-refractivity contribution in [2.24, 2.45) is 4.99 Å². The second-order valence-corrected chi connectivity index (χ2v) is 10.8. The lowest BCUT2D eigenvalue weighted by Gasteiger charge is -2.16. The first-order valence-electron chi connectivity index (χ1n) is 12.5. The number of allylic oxidation sites excluding steroid dienone is 3. The minimum absolute atomic E-state index is 0.102. The number of pyridine rings is 2. The third kappa shape index (κ3) is 4.52. The molecule has 0 aliphatic carbocycles. The van der Waals surface area contributed by atoms with Gasteiger partial charge in [-0.05, 0) is 61.4 Å². The summed E-state index contributed by atoms with van der Waals surface area (Å²) in [5.74, 6) is -1.97. The van der Waals surface area contributed by atoms with Crippen molar-refractivity contribution in [2.45, 2.75) is 26.2 Å². The lowest BCUT2D eigenvalue weighted by atomic mass is 10.1. The van der Waals surface area contributed by atoms with Crippen LogP contribution >= 0.6 is 11.3 Å². The lowest BCUT2D eigenvalue weighted by Crippen LogP contribution is -2.39. The maximum Gasteiger partial charge on any atom is 0.261 e. The standard InChI is InChI=1S/C29H26F2N6S/c1-4-18(15-37-13-11-29(30,31)16-37)14-19(5-2)20-7-8-21-25(33-20)27(34-21)28-35-22-10-12-32-26(24(22)36-28)23-9-6-17(3)38-23/h4-10,12,14H,1,11,13,15-16H2,2-3H3,(H,35,36)/b18-14+,19-5+. The van der Waals surface area contributed by atoms with E-state index in [-0.39, 0.29) is 13.0 Å². The Labute approximate surface area is 222 Å². The summed E-state index contributed by atoms with van der Waals surface area (Å²) in [4.78, 5) is 26.4. The second kappa shape index (κ2) is 9.49. The zero-order valence-electron chi connectivity index (χ0n) is 21.1. The Hall–Kier alpha value is -3.82. The first kappa shape index (κ1) is 24.5. The van der Waals surface area contributed by atoms with E-state index in [1.54, 1.807) is 28.5 Å². The number of aromatic nitrogens is 4. The molecule has 0 radical (unpaired) electrons. The van der Waals surface area contributed by atoms with Gasteiger partial charge in [-0.2, -0.15) is 0 Å². The summed E-state index contributed by atoms with van der Waals surface area (Å²) < 4.78 is 27.3. The van der Waals surface area contributed by atoms with Gasteiger partial charge in [-0.1, -0.05) is 18.7 Å². The molecule has 0 bridgehead atoms. The molecule has 1 saturated heterocycles. The number of fused-ring (bicyclic) bond motifs is 2. The van der Waals surface area contributed by atoms with E-state index in [4.69, 9.17) is 9.97 Å². The fourth-order valence-electron chi connectivity index (χ4n) is 4.83. The molecule has 0 aromatic carbocycles. The molecule has 4 aromatic rings. The van der Waals surface area contributed by atoms with Gasteiger partial charge in [-0.15, -0.1) is 11.3 Å². The third-order valence-electron chi connectivity index (χ3n) is 6.79. The van der Waals surface area contributed by atoms with Gasteiger partial charge in [0.15, 0.2) is 5.82 Å². The van der Waals surface area contributed by atoms with Crippen LogP contribution in [-0.2, 0) is 0 Å². The van der Waals surface area contributed by atoms with Crippen LogP contribution in [0.15, 0.2) is 71.9 Å². The van der Waals surface area contributed by atoms with E-state index in [0.717, 1.165) is 49.2 Å². The number of nitrogens with one attached hydrogen (secondary N) is 1.